The molecular formula is C20H21NO4. The highest BCUT2D eigenvalue weighted by Crippen LogP contribution is 2.26. The van der Waals surface area contributed by atoms with Crippen molar-refractivity contribution in [2.24, 2.45) is 0 Å². The number of esters is 1. The number of hydrogen-bond acceptors (Lipinski definition) is 4. The van der Waals surface area contributed by atoms with E-state index in [2.05, 4.69) is 5.32 Å². The second-order valence-electron chi connectivity index (χ2n) is 6.03. The van der Waals surface area contributed by atoms with Crippen molar-refractivity contribution in [3.8, 4) is 5.75 Å². The fourth-order valence-electron chi connectivity index (χ4n) is 2.97. The van der Waals surface area contributed by atoms with Crippen LogP contribution in [0.3, 0.4) is 0 Å². The summed E-state index contributed by atoms with van der Waals surface area (Å²) in [5, 5.41) is 2.94. The van der Waals surface area contributed by atoms with Crippen LogP contribution >= 0.6 is 0 Å². The molecule has 0 saturated heterocycles. The van der Waals surface area contributed by atoms with Crippen molar-refractivity contribution in [1.82, 2.24) is 5.32 Å². The molecule has 5 nitrogen and oxygen atoms in total. The first-order chi connectivity index (χ1) is 12.2. The molecule has 0 aromatic heterocycles. The molecule has 130 valence electrons. The smallest absolute Gasteiger partial charge is 0.307 e. The summed E-state index contributed by atoms with van der Waals surface area (Å²) in [7, 11) is 1.35. The van der Waals surface area contributed by atoms with E-state index < -0.39 is 6.04 Å². The third-order valence-corrected chi connectivity index (χ3v) is 4.25. The van der Waals surface area contributed by atoms with Crippen molar-refractivity contribution in [2.45, 2.75) is 25.3 Å². The van der Waals surface area contributed by atoms with E-state index >= 15 is 0 Å². The fourth-order valence-corrected chi connectivity index (χ4v) is 2.97. The maximum absolute atomic E-state index is 12.5. The molecule has 0 aliphatic carbocycles. The van der Waals surface area contributed by atoms with Gasteiger partial charge in [0.05, 0.1) is 32.6 Å². The maximum atomic E-state index is 12.5. The Hall–Kier alpha value is -2.82. The molecule has 1 amide bonds. The van der Waals surface area contributed by atoms with Crippen molar-refractivity contribution >= 4 is 11.9 Å². The summed E-state index contributed by atoms with van der Waals surface area (Å²) in [6.45, 7) is 0.695. The van der Waals surface area contributed by atoms with Crippen LogP contribution in [0.15, 0.2) is 48.5 Å². The van der Waals surface area contributed by atoms with E-state index in [1.807, 2.05) is 48.5 Å². The fraction of sp³-hybridized carbons (Fsp3) is 0.300. The number of hydrogen-bond donors (Lipinski definition) is 1. The molecule has 0 fully saturated rings. The first-order valence-corrected chi connectivity index (χ1v) is 8.31. The van der Waals surface area contributed by atoms with Crippen molar-refractivity contribution in [3.63, 3.8) is 0 Å². The Bertz CT molecular complexity index is 758. The standard InChI is InChI=1S/C20H21NO4/c1-24-20(23)13-17(15-5-3-2-4-6-15)21-19(22)12-14-7-8-18-16(11-14)9-10-25-18/h2-8,11,17H,9-10,12-13H2,1H3,(H,21,22)/t17-/m1/s1. The Kier molecular flexibility index (Phi) is 5.33. The number of fused-ring (bicyclic) bond motifs is 1. The molecule has 25 heavy (non-hydrogen) atoms. The largest absolute Gasteiger partial charge is 0.493 e. The average molecular weight is 339 g/mol. The summed E-state index contributed by atoms with van der Waals surface area (Å²) in [5.74, 6) is 0.414. The molecule has 1 heterocycles. The van der Waals surface area contributed by atoms with E-state index in [9.17, 15) is 9.59 Å². The molecule has 5 heteroatoms. The van der Waals surface area contributed by atoms with Crippen molar-refractivity contribution < 1.29 is 19.1 Å². The third kappa shape index (κ3) is 4.38. The average Bonchev–Trinajstić information content (AvgIpc) is 3.09. The summed E-state index contributed by atoms with van der Waals surface area (Å²) in [6, 6.07) is 14.9. The van der Waals surface area contributed by atoms with Gasteiger partial charge in [0, 0.05) is 6.42 Å². The lowest BCUT2D eigenvalue weighted by molar-refractivity contribution is -0.141. The van der Waals surface area contributed by atoms with E-state index in [1.165, 1.54) is 7.11 Å². The highest BCUT2D eigenvalue weighted by Gasteiger charge is 2.19. The second-order valence-corrected chi connectivity index (χ2v) is 6.03. The quantitative estimate of drug-likeness (QED) is 0.822. The summed E-state index contributed by atoms with van der Waals surface area (Å²) in [4.78, 5) is 24.1. The predicted molar refractivity (Wildman–Crippen MR) is 93.3 cm³/mol. The molecule has 1 aliphatic heterocycles. The highest BCUT2D eigenvalue weighted by atomic mass is 16.5. The van der Waals surface area contributed by atoms with Crippen LogP contribution in [0.2, 0.25) is 0 Å². The molecule has 0 unspecified atom stereocenters. The minimum absolute atomic E-state index is 0.101. The van der Waals surface area contributed by atoms with E-state index in [-0.39, 0.29) is 24.7 Å². The lowest BCUT2D eigenvalue weighted by Crippen LogP contribution is -2.31. The molecule has 2 aromatic carbocycles. The number of carbonyl (C=O) groups is 2. The zero-order valence-electron chi connectivity index (χ0n) is 14.2. The molecule has 0 bridgehead atoms. The van der Waals surface area contributed by atoms with Gasteiger partial charge < -0.3 is 14.8 Å². The Morgan fingerprint density at radius 3 is 2.76 bits per heavy atom. The van der Waals surface area contributed by atoms with Gasteiger partial charge in [0.15, 0.2) is 0 Å². The third-order valence-electron chi connectivity index (χ3n) is 4.25. The summed E-state index contributed by atoms with van der Waals surface area (Å²) in [5.41, 5.74) is 2.95. The minimum atomic E-state index is -0.404. The molecule has 0 spiro atoms. The number of rotatable bonds is 6. The van der Waals surface area contributed by atoms with E-state index in [0.29, 0.717) is 6.61 Å². The van der Waals surface area contributed by atoms with Gasteiger partial charge in [0.1, 0.15) is 5.75 Å². The molecule has 0 radical (unpaired) electrons. The van der Waals surface area contributed by atoms with Gasteiger partial charge in [-0.3, -0.25) is 9.59 Å². The van der Waals surface area contributed by atoms with Crippen LogP contribution in [0.1, 0.15) is 29.2 Å². The van der Waals surface area contributed by atoms with Crippen LogP contribution in [-0.4, -0.2) is 25.6 Å². The van der Waals surface area contributed by atoms with Crippen molar-refractivity contribution in [1.29, 1.82) is 0 Å². The van der Waals surface area contributed by atoms with Gasteiger partial charge in [-0.05, 0) is 22.8 Å². The molecule has 3 rings (SSSR count). The van der Waals surface area contributed by atoms with Gasteiger partial charge in [-0.2, -0.15) is 0 Å². The normalized spacial score (nSPS) is 13.5. The van der Waals surface area contributed by atoms with Crippen LogP contribution in [-0.2, 0) is 27.2 Å². The number of benzene rings is 2. The lowest BCUT2D eigenvalue weighted by Gasteiger charge is -2.18. The zero-order valence-corrected chi connectivity index (χ0v) is 14.2. The number of amides is 1. The van der Waals surface area contributed by atoms with Crippen LogP contribution in [0, 0.1) is 0 Å². The SMILES string of the molecule is COC(=O)C[C@@H](NC(=O)Cc1ccc2c(c1)CCO2)c1ccccc1. The van der Waals surface area contributed by atoms with E-state index in [1.54, 1.807) is 0 Å². The van der Waals surface area contributed by atoms with Crippen molar-refractivity contribution in [3.05, 3.63) is 65.2 Å². The van der Waals surface area contributed by atoms with Gasteiger partial charge in [-0.15, -0.1) is 0 Å². The number of methoxy groups -OCH3 is 1. The van der Waals surface area contributed by atoms with Gasteiger partial charge in [-0.1, -0.05) is 42.5 Å². The Morgan fingerprint density at radius 2 is 2.00 bits per heavy atom. The monoisotopic (exact) mass is 339 g/mol. The van der Waals surface area contributed by atoms with E-state index in [4.69, 9.17) is 9.47 Å². The number of carbonyl (C=O) groups excluding carboxylic acids is 2. The molecule has 0 saturated carbocycles. The molecule has 1 aliphatic rings. The first-order valence-electron chi connectivity index (χ1n) is 8.31. The molecular weight excluding hydrogens is 318 g/mol. The Morgan fingerprint density at radius 1 is 1.20 bits per heavy atom. The van der Waals surface area contributed by atoms with E-state index in [0.717, 1.165) is 28.9 Å². The zero-order chi connectivity index (χ0) is 17.6. The van der Waals surface area contributed by atoms with Gasteiger partial charge >= 0.3 is 5.97 Å². The van der Waals surface area contributed by atoms with Crippen LogP contribution in [0.4, 0.5) is 0 Å². The summed E-state index contributed by atoms with van der Waals surface area (Å²) >= 11 is 0. The Labute approximate surface area is 147 Å². The minimum Gasteiger partial charge on any atom is -0.493 e. The lowest BCUT2D eigenvalue weighted by atomic mass is 10.0. The Balaban J connectivity index is 1.68. The molecule has 2 aromatic rings. The van der Waals surface area contributed by atoms with Crippen LogP contribution < -0.4 is 10.1 Å². The predicted octanol–water partition coefficient (Wildman–Crippen LogP) is 2.58. The second kappa shape index (κ2) is 7.83. The molecule has 1 N–H and O–H groups in total. The summed E-state index contributed by atoms with van der Waals surface area (Å²) in [6.07, 6.45) is 1.24. The first kappa shape index (κ1) is 17.0. The number of ether oxygens (including phenoxy) is 2. The topological polar surface area (TPSA) is 64.6 Å². The van der Waals surface area contributed by atoms with Gasteiger partial charge in [-0.25, -0.2) is 0 Å². The van der Waals surface area contributed by atoms with Gasteiger partial charge in [0.2, 0.25) is 5.91 Å². The van der Waals surface area contributed by atoms with Crippen molar-refractivity contribution in [2.75, 3.05) is 13.7 Å². The maximum Gasteiger partial charge on any atom is 0.307 e. The summed E-state index contributed by atoms with van der Waals surface area (Å²) < 4.78 is 10.2. The van der Waals surface area contributed by atoms with Gasteiger partial charge in [0.25, 0.3) is 0 Å². The highest BCUT2D eigenvalue weighted by molar-refractivity contribution is 5.80. The van der Waals surface area contributed by atoms with Crippen LogP contribution in [0.25, 0.3) is 0 Å². The number of nitrogens with one attached hydrogen (secondary N) is 1. The molecule has 1 atom stereocenters. The van der Waals surface area contributed by atoms with Crippen LogP contribution in [0.5, 0.6) is 5.75 Å².